The van der Waals surface area contributed by atoms with Gasteiger partial charge in [0.2, 0.25) is 5.91 Å². The molecular formula is C15H17BrN4O2. The second-order valence-corrected chi connectivity index (χ2v) is 6.40. The third kappa shape index (κ3) is 3.05. The second-order valence-electron chi connectivity index (χ2n) is 5.49. The van der Waals surface area contributed by atoms with Crippen molar-refractivity contribution in [2.45, 2.75) is 32.4 Å². The molecule has 0 aromatic carbocycles. The lowest BCUT2D eigenvalue weighted by molar-refractivity contribution is -0.119. The van der Waals surface area contributed by atoms with Crippen LogP contribution in [0.5, 0.6) is 0 Å². The number of hydrogen-bond donors (Lipinski definition) is 2. The van der Waals surface area contributed by atoms with Gasteiger partial charge in [-0.05, 0) is 25.5 Å². The van der Waals surface area contributed by atoms with Crippen LogP contribution in [0.25, 0.3) is 5.65 Å². The minimum atomic E-state index is -0.0574. The second kappa shape index (κ2) is 6.18. The van der Waals surface area contributed by atoms with Crippen molar-refractivity contribution in [3.8, 4) is 0 Å². The number of nitrogens with one attached hydrogen (secondary N) is 2. The lowest BCUT2D eigenvalue weighted by Crippen LogP contribution is -2.36. The van der Waals surface area contributed by atoms with Crippen LogP contribution < -0.4 is 16.2 Å². The van der Waals surface area contributed by atoms with E-state index in [9.17, 15) is 9.59 Å². The van der Waals surface area contributed by atoms with Crippen molar-refractivity contribution in [2.75, 3.05) is 6.54 Å². The first-order chi connectivity index (χ1) is 10.5. The SMILES string of the molecule is Cc1nc2cc(Br)ccn2c(=O)c1CNC[C@@H]1CCC(=O)N1. The Morgan fingerprint density at radius 2 is 2.32 bits per heavy atom. The van der Waals surface area contributed by atoms with Crippen LogP contribution >= 0.6 is 15.9 Å². The highest BCUT2D eigenvalue weighted by Crippen LogP contribution is 2.12. The number of aryl methyl sites for hydroxylation is 1. The Bertz CT molecular complexity index is 787. The van der Waals surface area contributed by atoms with Gasteiger partial charge in [-0.3, -0.25) is 14.0 Å². The quantitative estimate of drug-likeness (QED) is 0.852. The normalized spacial score (nSPS) is 17.9. The fraction of sp³-hybridized carbons (Fsp3) is 0.400. The first-order valence-corrected chi connectivity index (χ1v) is 8.01. The molecule has 6 nitrogen and oxygen atoms in total. The van der Waals surface area contributed by atoms with Crippen LogP contribution in [0.15, 0.2) is 27.6 Å². The van der Waals surface area contributed by atoms with E-state index < -0.39 is 0 Å². The van der Waals surface area contributed by atoms with Crippen molar-refractivity contribution in [2.24, 2.45) is 0 Å². The van der Waals surface area contributed by atoms with Gasteiger partial charge in [0.25, 0.3) is 5.56 Å². The van der Waals surface area contributed by atoms with Crippen LogP contribution in [-0.2, 0) is 11.3 Å². The predicted molar refractivity (Wildman–Crippen MR) is 86.8 cm³/mol. The molecule has 1 aliphatic heterocycles. The average Bonchev–Trinajstić information content (AvgIpc) is 2.87. The molecule has 3 heterocycles. The number of rotatable bonds is 4. The highest BCUT2D eigenvalue weighted by Gasteiger charge is 2.20. The van der Waals surface area contributed by atoms with Crippen molar-refractivity contribution in [3.05, 3.63) is 44.4 Å². The third-order valence-corrected chi connectivity index (χ3v) is 4.36. The van der Waals surface area contributed by atoms with Crippen molar-refractivity contribution >= 4 is 27.5 Å². The van der Waals surface area contributed by atoms with Gasteiger partial charge >= 0.3 is 0 Å². The number of hydrogen-bond acceptors (Lipinski definition) is 4. The molecule has 3 rings (SSSR count). The van der Waals surface area contributed by atoms with E-state index in [2.05, 4.69) is 31.5 Å². The van der Waals surface area contributed by atoms with Crippen molar-refractivity contribution in [1.82, 2.24) is 20.0 Å². The summed E-state index contributed by atoms with van der Waals surface area (Å²) in [5.74, 6) is 0.0981. The molecule has 0 unspecified atom stereocenters. The monoisotopic (exact) mass is 364 g/mol. The molecular weight excluding hydrogens is 348 g/mol. The minimum Gasteiger partial charge on any atom is -0.352 e. The first kappa shape index (κ1) is 15.2. The molecule has 116 valence electrons. The van der Waals surface area contributed by atoms with E-state index in [1.165, 1.54) is 0 Å². The first-order valence-electron chi connectivity index (χ1n) is 7.22. The van der Waals surface area contributed by atoms with Crippen LogP contribution in [-0.4, -0.2) is 27.9 Å². The Hall–Kier alpha value is -1.73. The van der Waals surface area contributed by atoms with E-state index in [-0.39, 0.29) is 17.5 Å². The summed E-state index contributed by atoms with van der Waals surface area (Å²) >= 11 is 3.38. The van der Waals surface area contributed by atoms with Crippen molar-refractivity contribution in [3.63, 3.8) is 0 Å². The molecule has 7 heteroatoms. The van der Waals surface area contributed by atoms with Crippen molar-refractivity contribution in [1.29, 1.82) is 0 Å². The van der Waals surface area contributed by atoms with Gasteiger partial charge in [-0.1, -0.05) is 15.9 Å². The van der Waals surface area contributed by atoms with Gasteiger partial charge in [0.15, 0.2) is 0 Å². The van der Waals surface area contributed by atoms with E-state index in [1.54, 1.807) is 10.6 Å². The highest BCUT2D eigenvalue weighted by atomic mass is 79.9. The van der Waals surface area contributed by atoms with Crippen LogP contribution in [0.4, 0.5) is 0 Å². The Labute approximate surface area is 136 Å². The smallest absolute Gasteiger partial charge is 0.262 e. The summed E-state index contributed by atoms with van der Waals surface area (Å²) in [5.41, 5.74) is 1.96. The van der Waals surface area contributed by atoms with Gasteiger partial charge in [-0.2, -0.15) is 0 Å². The zero-order valence-electron chi connectivity index (χ0n) is 12.2. The summed E-state index contributed by atoms with van der Waals surface area (Å²) in [4.78, 5) is 28.2. The molecule has 0 radical (unpaired) electrons. The fourth-order valence-corrected chi connectivity index (χ4v) is 2.99. The molecule has 1 saturated heterocycles. The van der Waals surface area contributed by atoms with Gasteiger partial charge in [0, 0.05) is 41.9 Å². The van der Waals surface area contributed by atoms with E-state index in [0.717, 1.165) is 16.6 Å². The Morgan fingerprint density at radius 1 is 1.50 bits per heavy atom. The maximum Gasteiger partial charge on any atom is 0.262 e. The van der Waals surface area contributed by atoms with E-state index in [0.29, 0.717) is 30.7 Å². The summed E-state index contributed by atoms with van der Waals surface area (Å²) in [7, 11) is 0. The highest BCUT2D eigenvalue weighted by molar-refractivity contribution is 9.10. The number of carbonyl (C=O) groups is 1. The topological polar surface area (TPSA) is 75.5 Å². The summed E-state index contributed by atoms with van der Waals surface area (Å²) < 4.78 is 2.44. The molecule has 2 aromatic rings. The van der Waals surface area contributed by atoms with Crippen molar-refractivity contribution < 1.29 is 4.79 Å². The fourth-order valence-electron chi connectivity index (χ4n) is 2.67. The number of amides is 1. The standard InChI is InChI=1S/C15H17BrN4O2/c1-9-12(8-17-7-11-2-3-14(21)19-11)15(22)20-5-4-10(16)6-13(20)18-9/h4-6,11,17H,2-3,7-8H2,1H3,(H,19,21)/t11-/m0/s1. The lowest BCUT2D eigenvalue weighted by atomic mass is 10.2. The number of carbonyl (C=O) groups excluding carboxylic acids is 1. The van der Waals surface area contributed by atoms with E-state index >= 15 is 0 Å². The molecule has 1 atom stereocenters. The number of fused-ring (bicyclic) bond motifs is 1. The van der Waals surface area contributed by atoms with Crippen LogP contribution in [0.1, 0.15) is 24.1 Å². The Balaban J connectivity index is 1.77. The number of halogens is 1. The summed E-state index contributed by atoms with van der Waals surface area (Å²) in [6.45, 7) is 2.95. The molecule has 1 fully saturated rings. The molecule has 22 heavy (non-hydrogen) atoms. The largest absolute Gasteiger partial charge is 0.352 e. The molecule has 0 aliphatic carbocycles. The summed E-state index contributed by atoms with van der Waals surface area (Å²) in [5, 5.41) is 6.14. The van der Waals surface area contributed by atoms with E-state index in [1.807, 2.05) is 19.1 Å². The Morgan fingerprint density at radius 3 is 3.05 bits per heavy atom. The summed E-state index contributed by atoms with van der Waals surface area (Å²) in [6.07, 6.45) is 3.14. The molecule has 0 spiro atoms. The van der Waals surface area contributed by atoms with Gasteiger partial charge in [-0.15, -0.1) is 0 Å². The average molecular weight is 365 g/mol. The maximum atomic E-state index is 12.5. The van der Waals surface area contributed by atoms with Gasteiger partial charge in [-0.25, -0.2) is 4.98 Å². The van der Waals surface area contributed by atoms with E-state index in [4.69, 9.17) is 0 Å². The number of aromatic nitrogens is 2. The van der Waals surface area contributed by atoms with Gasteiger partial charge in [0.1, 0.15) is 5.65 Å². The molecule has 2 N–H and O–H groups in total. The molecule has 2 aromatic heterocycles. The van der Waals surface area contributed by atoms with Crippen LogP contribution in [0.2, 0.25) is 0 Å². The Kier molecular flexibility index (Phi) is 4.26. The van der Waals surface area contributed by atoms with Gasteiger partial charge in [0.05, 0.1) is 5.56 Å². The number of nitrogens with zero attached hydrogens (tertiary/aromatic N) is 2. The lowest BCUT2D eigenvalue weighted by Gasteiger charge is -2.12. The number of pyridine rings is 1. The minimum absolute atomic E-state index is 0.0574. The zero-order chi connectivity index (χ0) is 15.7. The molecule has 0 saturated carbocycles. The molecule has 1 aliphatic rings. The molecule has 0 bridgehead atoms. The zero-order valence-corrected chi connectivity index (χ0v) is 13.8. The van der Waals surface area contributed by atoms with Crippen LogP contribution in [0, 0.1) is 6.92 Å². The third-order valence-electron chi connectivity index (χ3n) is 3.87. The van der Waals surface area contributed by atoms with Gasteiger partial charge < -0.3 is 10.6 Å². The summed E-state index contributed by atoms with van der Waals surface area (Å²) in [6, 6.07) is 3.79. The predicted octanol–water partition coefficient (Wildman–Crippen LogP) is 1.13. The molecule has 1 amide bonds. The maximum absolute atomic E-state index is 12.5. The van der Waals surface area contributed by atoms with Crippen LogP contribution in [0.3, 0.4) is 0 Å².